The number of carboxylic acid groups (broad SMARTS) is 1. The number of hydrogen-bond donors (Lipinski definition) is 2. The van der Waals surface area contributed by atoms with E-state index in [1.165, 1.54) is 0 Å². The normalized spacial score (nSPS) is 34.1. The van der Waals surface area contributed by atoms with Crippen LogP contribution in [0.2, 0.25) is 0 Å². The van der Waals surface area contributed by atoms with E-state index in [0.29, 0.717) is 5.92 Å². The number of aromatic nitrogens is 1. The maximum Gasteiger partial charge on any atom is 0.308 e. The molecule has 2 N–H and O–H groups in total. The van der Waals surface area contributed by atoms with Crippen LogP contribution in [-0.2, 0) is 4.79 Å². The predicted molar refractivity (Wildman–Crippen MR) is 71.7 cm³/mol. The number of fused-ring (bicyclic) bond motifs is 2. The molecular formula is C15H18N2O4. The van der Waals surface area contributed by atoms with Crippen molar-refractivity contribution in [3.8, 4) is 0 Å². The van der Waals surface area contributed by atoms with Gasteiger partial charge in [0.15, 0.2) is 0 Å². The maximum atomic E-state index is 12.3. The van der Waals surface area contributed by atoms with E-state index in [4.69, 9.17) is 4.52 Å². The number of amides is 1. The Hall–Kier alpha value is -1.85. The number of nitrogens with one attached hydrogen (secondary N) is 1. The Morgan fingerprint density at radius 3 is 2.71 bits per heavy atom. The first kappa shape index (κ1) is 12.9. The average molecular weight is 290 g/mol. The first-order chi connectivity index (χ1) is 10.1. The second-order valence-corrected chi connectivity index (χ2v) is 6.59. The fourth-order valence-electron chi connectivity index (χ4n) is 4.04. The Morgan fingerprint density at radius 1 is 1.24 bits per heavy atom. The molecule has 4 rings (SSSR count). The Bertz CT molecular complexity index is 592. The van der Waals surface area contributed by atoms with E-state index in [9.17, 15) is 14.7 Å². The average Bonchev–Trinajstić information content (AvgIpc) is 2.91. The summed E-state index contributed by atoms with van der Waals surface area (Å²) >= 11 is 0. The minimum Gasteiger partial charge on any atom is -0.481 e. The highest BCUT2D eigenvalue weighted by molar-refractivity contribution is 5.92. The summed E-state index contributed by atoms with van der Waals surface area (Å²) in [7, 11) is 0. The molecule has 3 fully saturated rings. The molecule has 4 atom stereocenters. The Kier molecular flexibility index (Phi) is 2.80. The van der Waals surface area contributed by atoms with Gasteiger partial charge in [0.05, 0.1) is 11.6 Å². The Balaban J connectivity index is 1.48. The zero-order chi connectivity index (χ0) is 14.6. The van der Waals surface area contributed by atoms with Gasteiger partial charge in [-0.15, -0.1) is 0 Å². The number of aliphatic carboxylic acids is 1. The first-order valence-electron chi connectivity index (χ1n) is 7.64. The van der Waals surface area contributed by atoms with Gasteiger partial charge in [-0.2, -0.15) is 0 Å². The van der Waals surface area contributed by atoms with Crippen molar-refractivity contribution in [3.05, 3.63) is 17.5 Å². The number of rotatable bonds is 4. The monoisotopic (exact) mass is 290 g/mol. The number of carbonyl (C=O) groups is 2. The largest absolute Gasteiger partial charge is 0.481 e. The van der Waals surface area contributed by atoms with Gasteiger partial charge in [-0.25, -0.2) is 0 Å². The number of carbonyl (C=O) groups excluding carboxylic acids is 1. The van der Waals surface area contributed by atoms with E-state index in [-0.39, 0.29) is 29.5 Å². The molecule has 3 aliphatic rings. The predicted octanol–water partition coefficient (Wildman–Crippen LogP) is 1.78. The van der Waals surface area contributed by atoms with Crippen molar-refractivity contribution in [3.63, 3.8) is 0 Å². The fraction of sp³-hybridized carbons (Fsp3) is 0.667. The van der Waals surface area contributed by atoms with Gasteiger partial charge in [0.2, 0.25) is 5.76 Å². The van der Waals surface area contributed by atoms with Crippen LogP contribution in [0.3, 0.4) is 0 Å². The zero-order valence-electron chi connectivity index (χ0n) is 11.6. The smallest absolute Gasteiger partial charge is 0.308 e. The van der Waals surface area contributed by atoms with Crippen molar-refractivity contribution in [2.24, 2.45) is 17.8 Å². The van der Waals surface area contributed by atoms with E-state index in [1.54, 1.807) is 6.07 Å². The molecule has 1 aromatic heterocycles. The summed E-state index contributed by atoms with van der Waals surface area (Å²) < 4.78 is 5.10. The molecule has 1 amide bonds. The number of hydrogen-bond acceptors (Lipinski definition) is 4. The van der Waals surface area contributed by atoms with Crippen LogP contribution in [0.1, 0.15) is 54.3 Å². The van der Waals surface area contributed by atoms with E-state index < -0.39 is 11.9 Å². The van der Waals surface area contributed by atoms with Gasteiger partial charge in [-0.1, -0.05) is 5.16 Å². The lowest BCUT2D eigenvalue weighted by Gasteiger charge is -2.28. The van der Waals surface area contributed by atoms with Crippen LogP contribution >= 0.6 is 0 Å². The van der Waals surface area contributed by atoms with Gasteiger partial charge in [-0.05, 0) is 43.9 Å². The van der Waals surface area contributed by atoms with Gasteiger partial charge in [0.1, 0.15) is 0 Å². The van der Waals surface area contributed by atoms with Crippen LogP contribution in [0, 0.1) is 17.8 Å². The second-order valence-electron chi connectivity index (χ2n) is 6.59. The molecule has 0 spiro atoms. The maximum absolute atomic E-state index is 12.3. The highest BCUT2D eigenvalue weighted by Crippen LogP contribution is 2.48. The second kappa shape index (κ2) is 4.58. The zero-order valence-corrected chi connectivity index (χ0v) is 11.6. The molecule has 0 aliphatic heterocycles. The topological polar surface area (TPSA) is 92.4 Å². The van der Waals surface area contributed by atoms with E-state index in [1.807, 2.05) is 0 Å². The highest BCUT2D eigenvalue weighted by Gasteiger charge is 2.51. The molecule has 2 bridgehead atoms. The van der Waals surface area contributed by atoms with E-state index >= 15 is 0 Å². The minimum atomic E-state index is -0.802. The third kappa shape index (κ3) is 2.13. The minimum absolute atomic E-state index is 0.198. The number of carboxylic acids is 1. The third-order valence-corrected chi connectivity index (χ3v) is 5.25. The standard InChI is InChI=1S/C15H18N2O4/c18-14(11-6-10(17-21-11)7-1-2-7)16-13-9-4-3-8(5-9)12(13)15(19)20/h6-9,12-13H,1-5H2,(H,16,18)(H,19,20)/t8-,9+,12+,13-/m1/s1. The van der Waals surface area contributed by atoms with Crippen molar-refractivity contribution >= 4 is 11.9 Å². The molecule has 21 heavy (non-hydrogen) atoms. The van der Waals surface area contributed by atoms with Crippen LogP contribution < -0.4 is 5.32 Å². The third-order valence-electron chi connectivity index (χ3n) is 5.25. The Morgan fingerprint density at radius 2 is 2.00 bits per heavy atom. The lowest BCUT2D eigenvalue weighted by atomic mass is 9.84. The van der Waals surface area contributed by atoms with Gasteiger partial charge in [0.25, 0.3) is 5.91 Å². The first-order valence-corrected chi connectivity index (χ1v) is 7.64. The molecule has 3 aliphatic carbocycles. The SMILES string of the molecule is O=C(N[C@@H]1[C@H]2CC[C@H](C2)[C@@H]1C(=O)O)c1cc(C2CC2)no1. The molecule has 1 heterocycles. The van der Waals surface area contributed by atoms with Gasteiger partial charge in [0, 0.05) is 18.0 Å². The van der Waals surface area contributed by atoms with Crippen LogP contribution in [0.25, 0.3) is 0 Å². The number of nitrogens with zero attached hydrogens (tertiary/aromatic N) is 1. The van der Waals surface area contributed by atoms with E-state index in [0.717, 1.165) is 37.8 Å². The van der Waals surface area contributed by atoms with E-state index in [2.05, 4.69) is 10.5 Å². The molecule has 3 saturated carbocycles. The van der Waals surface area contributed by atoms with Crippen LogP contribution in [0.5, 0.6) is 0 Å². The lowest BCUT2D eigenvalue weighted by Crippen LogP contribution is -2.46. The van der Waals surface area contributed by atoms with Crippen molar-refractivity contribution in [2.75, 3.05) is 0 Å². The molecule has 1 aromatic rings. The summed E-state index contributed by atoms with van der Waals surface area (Å²) in [5, 5.41) is 16.2. The van der Waals surface area contributed by atoms with Crippen molar-refractivity contribution in [2.45, 2.75) is 44.1 Å². The molecule has 112 valence electrons. The molecule has 6 heteroatoms. The summed E-state index contributed by atoms with van der Waals surface area (Å²) in [5.74, 6) is -0.478. The fourth-order valence-corrected chi connectivity index (χ4v) is 4.04. The molecule has 6 nitrogen and oxygen atoms in total. The quantitative estimate of drug-likeness (QED) is 0.881. The molecule has 0 unspecified atom stereocenters. The molecule has 0 radical (unpaired) electrons. The van der Waals surface area contributed by atoms with Crippen molar-refractivity contribution in [1.29, 1.82) is 0 Å². The van der Waals surface area contributed by atoms with Crippen molar-refractivity contribution in [1.82, 2.24) is 10.5 Å². The van der Waals surface area contributed by atoms with Crippen LogP contribution in [0.15, 0.2) is 10.6 Å². The summed E-state index contributed by atoms with van der Waals surface area (Å²) in [4.78, 5) is 23.7. The van der Waals surface area contributed by atoms with Gasteiger partial charge in [-0.3, -0.25) is 9.59 Å². The molecular weight excluding hydrogens is 272 g/mol. The summed E-state index contributed by atoms with van der Waals surface area (Å²) in [6.45, 7) is 0. The lowest BCUT2D eigenvalue weighted by molar-refractivity contribution is -0.144. The highest BCUT2D eigenvalue weighted by atomic mass is 16.5. The summed E-state index contributed by atoms with van der Waals surface area (Å²) in [6, 6.07) is 1.42. The van der Waals surface area contributed by atoms with Crippen molar-refractivity contribution < 1.29 is 19.2 Å². The molecule has 0 aromatic carbocycles. The molecule has 0 saturated heterocycles. The van der Waals surface area contributed by atoms with Crippen LogP contribution in [0.4, 0.5) is 0 Å². The van der Waals surface area contributed by atoms with Gasteiger partial charge >= 0.3 is 5.97 Å². The Labute approximate surface area is 121 Å². The summed E-state index contributed by atoms with van der Waals surface area (Å²) in [6.07, 6.45) is 5.07. The van der Waals surface area contributed by atoms with Crippen LogP contribution in [-0.4, -0.2) is 28.2 Å². The van der Waals surface area contributed by atoms with Gasteiger partial charge < -0.3 is 14.9 Å². The summed E-state index contributed by atoms with van der Waals surface area (Å²) in [5.41, 5.74) is 0.836.